The molecular weight excluding hydrogens is 424 g/mol. The minimum Gasteiger partial charge on any atom is -0.491 e. The summed E-state index contributed by atoms with van der Waals surface area (Å²) in [6.07, 6.45) is 2.23. The topological polar surface area (TPSA) is 75.7 Å². The van der Waals surface area contributed by atoms with Gasteiger partial charge in [-0.1, -0.05) is 37.3 Å². The third-order valence-electron chi connectivity index (χ3n) is 5.86. The summed E-state index contributed by atoms with van der Waals surface area (Å²) in [5.74, 6) is 0.695. The van der Waals surface area contributed by atoms with Gasteiger partial charge in [0.05, 0.1) is 11.9 Å². The van der Waals surface area contributed by atoms with Gasteiger partial charge in [0.25, 0.3) is 5.91 Å². The monoisotopic (exact) mass is 458 g/mol. The number of hydrogen-bond donors (Lipinski definition) is 1. The van der Waals surface area contributed by atoms with Gasteiger partial charge < -0.3 is 10.1 Å². The van der Waals surface area contributed by atoms with Crippen LogP contribution in [0.25, 0.3) is 0 Å². The summed E-state index contributed by atoms with van der Waals surface area (Å²) >= 11 is 0. The lowest BCUT2D eigenvalue weighted by Crippen LogP contribution is -2.54. The van der Waals surface area contributed by atoms with Crippen molar-refractivity contribution in [3.63, 3.8) is 0 Å². The summed E-state index contributed by atoms with van der Waals surface area (Å²) in [6.45, 7) is 7.07. The molecule has 0 spiro atoms. The molecule has 1 aliphatic heterocycles. The molecule has 1 heterocycles. The third-order valence-corrected chi connectivity index (χ3v) is 7.88. The lowest BCUT2D eigenvalue weighted by Gasteiger charge is -2.43. The Hall–Kier alpha value is -2.38. The van der Waals surface area contributed by atoms with E-state index in [2.05, 4.69) is 5.32 Å². The Kier molecular flexibility index (Phi) is 7.96. The van der Waals surface area contributed by atoms with E-state index in [1.54, 1.807) is 28.6 Å². The van der Waals surface area contributed by atoms with Gasteiger partial charge in [-0.05, 0) is 62.9 Å². The Morgan fingerprint density at radius 2 is 1.81 bits per heavy atom. The van der Waals surface area contributed by atoms with Gasteiger partial charge in [-0.25, -0.2) is 12.7 Å². The van der Waals surface area contributed by atoms with Gasteiger partial charge in [0.1, 0.15) is 5.75 Å². The van der Waals surface area contributed by atoms with Crippen molar-refractivity contribution in [2.45, 2.75) is 51.6 Å². The Balaban J connectivity index is 1.79. The molecule has 2 aromatic carbocycles. The van der Waals surface area contributed by atoms with Crippen LogP contribution < -0.4 is 10.1 Å². The van der Waals surface area contributed by atoms with Crippen LogP contribution in [0, 0.1) is 0 Å². The average Bonchev–Trinajstić information content (AvgIpc) is 2.78. The van der Waals surface area contributed by atoms with Crippen molar-refractivity contribution in [2.75, 3.05) is 25.4 Å². The van der Waals surface area contributed by atoms with Gasteiger partial charge in [-0.2, -0.15) is 0 Å². The summed E-state index contributed by atoms with van der Waals surface area (Å²) in [7, 11) is -3.31. The first-order valence-electron chi connectivity index (χ1n) is 11.3. The number of hydrogen-bond acceptors (Lipinski definition) is 4. The van der Waals surface area contributed by atoms with Gasteiger partial charge in [0, 0.05) is 30.6 Å². The predicted molar refractivity (Wildman–Crippen MR) is 128 cm³/mol. The van der Waals surface area contributed by atoms with Crippen molar-refractivity contribution in [3.05, 3.63) is 65.7 Å². The van der Waals surface area contributed by atoms with Crippen LogP contribution >= 0.6 is 0 Å². The van der Waals surface area contributed by atoms with Crippen LogP contribution in [0.5, 0.6) is 5.75 Å². The molecule has 0 radical (unpaired) electrons. The molecule has 0 aromatic heterocycles. The molecule has 1 amide bonds. The Labute approximate surface area is 192 Å². The molecule has 1 aliphatic rings. The molecule has 1 saturated heterocycles. The Bertz CT molecular complexity index is 990. The second-order valence-electron chi connectivity index (χ2n) is 8.77. The fourth-order valence-corrected chi connectivity index (χ4v) is 5.92. The van der Waals surface area contributed by atoms with E-state index in [-0.39, 0.29) is 17.8 Å². The second-order valence-corrected chi connectivity index (χ2v) is 10.9. The van der Waals surface area contributed by atoms with E-state index < -0.39 is 15.4 Å². The van der Waals surface area contributed by atoms with Crippen molar-refractivity contribution < 1.29 is 17.9 Å². The first-order chi connectivity index (χ1) is 15.3. The number of ether oxygens (including phenoxy) is 1. The van der Waals surface area contributed by atoms with Gasteiger partial charge in [0.2, 0.25) is 10.0 Å². The van der Waals surface area contributed by atoms with E-state index in [4.69, 9.17) is 4.74 Å². The lowest BCUT2D eigenvalue weighted by molar-refractivity contribution is 0.0932. The highest BCUT2D eigenvalue weighted by Gasteiger charge is 2.40. The van der Waals surface area contributed by atoms with Crippen molar-refractivity contribution in [3.8, 4) is 5.75 Å². The summed E-state index contributed by atoms with van der Waals surface area (Å²) < 4.78 is 32.9. The van der Waals surface area contributed by atoms with Crippen LogP contribution in [-0.4, -0.2) is 50.1 Å². The number of amides is 1. The SMILES string of the molecule is CCCS(=O)(=O)N1CCCC(CNC(=O)c2ccc(OC(C)C)cc2)(c2ccccc2)C1. The highest BCUT2D eigenvalue weighted by molar-refractivity contribution is 7.89. The second kappa shape index (κ2) is 10.5. The first-order valence-corrected chi connectivity index (χ1v) is 12.9. The molecule has 0 saturated carbocycles. The number of carbonyl (C=O) groups is 1. The molecular formula is C25H34N2O4S. The van der Waals surface area contributed by atoms with E-state index >= 15 is 0 Å². The normalized spacial score (nSPS) is 19.6. The molecule has 1 fully saturated rings. The molecule has 0 bridgehead atoms. The van der Waals surface area contributed by atoms with Crippen molar-refractivity contribution in [1.82, 2.24) is 9.62 Å². The van der Waals surface area contributed by atoms with Crippen LogP contribution in [0.3, 0.4) is 0 Å². The molecule has 3 rings (SSSR count). The molecule has 174 valence electrons. The highest BCUT2D eigenvalue weighted by atomic mass is 32.2. The highest BCUT2D eigenvalue weighted by Crippen LogP contribution is 2.35. The van der Waals surface area contributed by atoms with Crippen LogP contribution in [0.2, 0.25) is 0 Å². The first kappa shape index (κ1) is 24.3. The smallest absolute Gasteiger partial charge is 0.251 e. The van der Waals surface area contributed by atoms with E-state index in [1.807, 2.05) is 51.1 Å². The zero-order chi connectivity index (χ0) is 23.2. The van der Waals surface area contributed by atoms with E-state index in [9.17, 15) is 13.2 Å². The predicted octanol–water partition coefficient (Wildman–Crippen LogP) is 3.98. The molecule has 7 heteroatoms. The maximum atomic E-state index is 12.9. The number of piperidine rings is 1. The molecule has 1 atom stereocenters. The molecule has 32 heavy (non-hydrogen) atoms. The van der Waals surface area contributed by atoms with Crippen molar-refractivity contribution in [2.24, 2.45) is 0 Å². The van der Waals surface area contributed by atoms with E-state index in [0.717, 1.165) is 24.2 Å². The number of benzene rings is 2. The number of sulfonamides is 1. The zero-order valence-electron chi connectivity index (χ0n) is 19.2. The molecule has 0 aliphatic carbocycles. The fraction of sp³-hybridized carbons (Fsp3) is 0.480. The molecule has 2 aromatic rings. The molecule has 6 nitrogen and oxygen atoms in total. The molecule has 1 N–H and O–H groups in total. The Morgan fingerprint density at radius 1 is 1.12 bits per heavy atom. The van der Waals surface area contributed by atoms with Crippen molar-refractivity contribution in [1.29, 1.82) is 0 Å². The minimum atomic E-state index is -3.31. The van der Waals surface area contributed by atoms with Gasteiger partial charge in [-0.3, -0.25) is 4.79 Å². The number of nitrogens with one attached hydrogen (secondary N) is 1. The quantitative estimate of drug-likeness (QED) is 0.617. The summed E-state index contributed by atoms with van der Waals surface area (Å²) in [6, 6.07) is 17.0. The van der Waals surface area contributed by atoms with Gasteiger partial charge in [0.15, 0.2) is 0 Å². The average molecular weight is 459 g/mol. The van der Waals surface area contributed by atoms with E-state index in [1.165, 1.54) is 0 Å². The van der Waals surface area contributed by atoms with Crippen LogP contribution in [0.15, 0.2) is 54.6 Å². The van der Waals surface area contributed by atoms with Crippen molar-refractivity contribution >= 4 is 15.9 Å². The molecule has 1 unspecified atom stereocenters. The number of carbonyl (C=O) groups excluding carboxylic acids is 1. The van der Waals surface area contributed by atoms with Crippen LogP contribution in [-0.2, 0) is 15.4 Å². The summed E-state index contributed by atoms with van der Waals surface area (Å²) in [5.41, 5.74) is 1.14. The largest absolute Gasteiger partial charge is 0.491 e. The number of rotatable bonds is 9. The standard InChI is InChI=1S/C25H34N2O4S/c1-4-17-32(29,30)27-16-8-15-25(19-27,22-9-6-5-7-10-22)18-26-24(28)21-11-13-23(14-12-21)31-20(2)3/h5-7,9-14,20H,4,8,15-19H2,1-3H3,(H,26,28). The lowest BCUT2D eigenvalue weighted by atomic mass is 9.74. The third kappa shape index (κ3) is 5.90. The number of nitrogens with zero attached hydrogens (tertiary/aromatic N) is 1. The van der Waals surface area contributed by atoms with Gasteiger partial charge >= 0.3 is 0 Å². The maximum absolute atomic E-state index is 12.9. The van der Waals surface area contributed by atoms with Crippen LogP contribution in [0.4, 0.5) is 0 Å². The van der Waals surface area contributed by atoms with E-state index in [0.29, 0.717) is 31.6 Å². The van der Waals surface area contributed by atoms with Crippen LogP contribution in [0.1, 0.15) is 56.0 Å². The zero-order valence-corrected chi connectivity index (χ0v) is 20.0. The van der Waals surface area contributed by atoms with Gasteiger partial charge in [-0.15, -0.1) is 0 Å². The maximum Gasteiger partial charge on any atom is 0.251 e. The summed E-state index contributed by atoms with van der Waals surface area (Å²) in [5, 5.41) is 3.07. The minimum absolute atomic E-state index is 0.0682. The Morgan fingerprint density at radius 3 is 2.44 bits per heavy atom. The fourth-order valence-electron chi connectivity index (χ4n) is 4.30. The summed E-state index contributed by atoms with van der Waals surface area (Å²) in [4.78, 5) is 12.9.